The maximum atomic E-state index is 9.19. The van der Waals surface area contributed by atoms with Gasteiger partial charge in [0.25, 0.3) is 0 Å². The third-order valence-corrected chi connectivity index (χ3v) is 4.48. The lowest BCUT2D eigenvalue weighted by Gasteiger charge is -2.40. The van der Waals surface area contributed by atoms with Gasteiger partial charge in [0.05, 0.1) is 16.9 Å². The molecule has 1 aromatic carbocycles. The van der Waals surface area contributed by atoms with Crippen molar-refractivity contribution in [1.29, 1.82) is 5.26 Å². The molecule has 108 valence electrons. The number of hydrogen-bond acceptors (Lipinski definition) is 3. The summed E-state index contributed by atoms with van der Waals surface area (Å²) in [5, 5.41) is 13.3. The Balaban J connectivity index is 2.12. The van der Waals surface area contributed by atoms with Gasteiger partial charge in [-0.1, -0.05) is 25.4 Å². The van der Waals surface area contributed by atoms with Gasteiger partial charge in [0.15, 0.2) is 0 Å². The summed E-state index contributed by atoms with van der Waals surface area (Å²) in [5.41, 5.74) is 1.45. The van der Waals surface area contributed by atoms with Crippen LogP contribution in [0.15, 0.2) is 18.2 Å². The molecule has 1 fully saturated rings. The Kier molecular flexibility index (Phi) is 4.91. The first kappa shape index (κ1) is 15.2. The minimum absolute atomic E-state index is 0.0187. The number of nitrogens with one attached hydrogen (secondary N) is 1. The molecule has 1 atom stereocenters. The van der Waals surface area contributed by atoms with Crippen LogP contribution in [0.4, 0.5) is 5.69 Å². The summed E-state index contributed by atoms with van der Waals surface area (Å²) in [6.07, 6.45) is 3.99. The molecule has 0 bridgehead atoms. The number of hydrogen-bond donors (Lipinski definition) is 1. The van der Waals surface area contributed by atoms with Crippen LogP contribution in [0.2, 0.25) is 5.02 Å². The van der Waals surface area contributed by atoms with E-state index in [1.165, 1.54) is 0 Å². The number of rotatable bonds is 4. The number of nitriles is 1. The van der Waals surface area contributed by atoms with Gasteiger partial charge in [-0.15, -0.1) is 0 Å². The highest BCUT2D eigenvalue weighted by atomic mass is 35.5. The minimum Gasteiger partial charge on any atom is -0.381 e. The molecule has 0 aromatic heterocycles. The highest BCUT2D eigenvalue weighted by Crippen LogP contribution is 2.33. The first-order valence-electron chi connectivity index (χ1n) is 7.22. The fourth-order valence-electron chi connectivity index (χ4n) is 2.85. The molecule has 0 spiro atoms. The third kappa shape index (κ3) is 3.26. The highest BCUT2D eigenvalue weighted by molar-refractivity contribution is 6.30. The molecule has 1 N–H and O–H groups in total. The van der Waals surface area contributed by atoms with Crippen molar-refractivity contribution in [3.8, 4) is 6.07 Å². The van der Waals surface area contributed by atoms with Gasteiger partial charge in [-0.25, -0.2) is 0 Å². The molecule has 20 heavy (non-hydrogen) atoms. The molecular formula is C16H21ClN2O. The summed E-state index contributed by atoms with van der Waals surface area (Å²) in [5.74, 6) is 0. The van der Waals surface area contributed by atoms with Crippen molar-refractivity contribution in [2.45, 2.75) is 51.2 Å². The van der Waals surface area contributed by atoms with Crippen LogP contribution in [0.25, 0.3) is 0 Å². The average Bonchev–Trinajstić information content (AvgIpc) is 2.49. The number of halogens is 1. The van der Waals surface area contributed by atoms with E-state index in [2.05, 4.69) is 25.2 Å². The van der Waals surface area contributed by atoms with E-state index in [1.807, 2.05) is 12.1 Å². The van der Waals surface area contributed by atoms with Crippen LogP contribution < -0.4 is 5.32 Å². The molecule has 4 heteroatoms. The zero-order valence-corrected chi connectivity index (χ0v) is 12.8. The number of ether oxygens (including phenoxy) is 1. The van der Waals surface area contributed by atoms with Gasteiger partial charge in [-0.2, -0.15) is 5.26 Å². The average molecular weight is 293 g/mol. The molecule has 0 aliphatic carbocycles. The standard InChI is InChI=1S/C16H21ClN2O/c1-3-16(4-2)10-14(7-8-20-16)19-15-6-5-13(17)9-12(15)11-18/h5-6,9,14,19H,3-4,7-8,10H2,1-2H3. The van der Waals surface area contributed by atoms with E-state index >= 15 is 0 Å². The zero-order valence-electron chi connectivity index (χ0n) is 12.1. The van der Waals surface area contributed by atoms with Crippen LogP contribution in [0.3, 0.4) is 0 Å². The molecule has 0 saturated carbocycles. The van der Waals surface area contributed by atoms with Crippen LogP contribution in [-0.4, -0.2) is 18.2 Å². The van der Waals surface area contributed by atoms with E-state index < -0.39 is 0 Å². The summed E-state index contributed by atoms with van der Waals surface area (Å²) in [6.45, 7) is 5.12. The maximum absolute atomic E-state index is 9.19. The molecule has 1 aliphatic rings. The van der Waals surface area contributed by atoms with Crippen molar-refractivity contribution < 1.29 is 4.74 Å². The molecule has 1 aromatic rings. The quantitative estimate of drug-likeness (QED) is 0.896. The van der Waals surface area contributed by atoms with E-state index in [0.717, 1.165) is 38.0 Å². The minimum atomic E-state index is -0.0187. The molecule has 1 aliphatic heterocycles. The van der Waals surface area contributed by atoms with E-state index in [4.69, 9.17) is 16.3 Å². The van der Waals surface area contributed by atoms with E-state index in [0.29, 0.717) is 16.6 Å². The van der Waals surface area contributed by atoms with Gasteiger partial charge in [-0.3, -0.25) is 0 Å². The predicted molar refractivity (Wildman–Crippen MR) is 82.1 cm³/mol. The Morgan fingerprint density at radius 1 is 1.45 bits per heavy atom. The van der Waals surface area contributed by atoms with Gasteiger partial charge in [-0.05, 0) is 43.9 Å². The maximum Gasteiger partial charge on any atom is 0.101 e. The second-order valence-electron chi connectivity index (χ2n) is 5.37. The Hall–Kier alpha value is -1.24. The molecule has 1 unspecified atom stereocenters. The van der Waals surface area contributed by atoms with Crippen LogP contribution in [0, 0.1) is 11.3 Å². The Bertz CT molecular complexity index is 506. The number of nitrogens with zero attached hydrogens (tertiary/aromatic N) is 1. The smallest absolute Gasteiger partial charge is 0.101 e. The van der Waals surface area contributed by atoms with Crippen LogP contribution >= 0.6 is 11.6 Å². The fraction of sp³-hybridized carbons (Fsp3) is 0.562. The first-order valence-corrected chi connectivity index (χ1v) is 7.60. The van der Waals surface area contributed by atoms with Gasteiger partial charge in [0.1, 0.15) is 6.07 Å². The lowest BCUT2D eigenvalue weighted by atomic mass is 9.86. The summed E-state index contributed by atoms with van der Waals surface area (Å²) >= 11 is 5.93. The summed E-state index contributed by atoms with van der Waals surface area (Å²) in [6, 6.07) is 7.95. The molecule has 1 heterocycles. The Morgan fingerprint density at radius 3 is 2.85 bits per heavy atom. The predicted octanol–water partition coefficient (Wildman–Crippen LogP) is 4.36. The van der Waals surface area contributed by atoms with E-state index in [-0.39, 0.29) is 5.60 Å². The summed E-state index contributed by atoms with van der Waals surface area (Å²) in [4.78, 5) is 0. The molecular weight excluding hydrogens is 272 g/mol. The second kappa shape index (κ2) is 6.47. The van der Waals surface area contributed by atoms with Gasteiger partial charge >= 0.3 is 0 Å². The molecule has 1 saturated heterocycles. The molecule has 0 amide bonds. The van der Waals surface area contributed by atoms with E-state index in [9.17, 15) is 5.26 Å². The second-order valence-corrected chi connectivity index (χ2v) is 5.81. The topological polar surface area (TPSA) is 45.0 Å². The van der Waals surface area contributed by atoms with Gasteiger partial charge in [0, 0.05) is 17.7 Å². The lowest BCUT2D eigenvalue weighted by molar-refractivity contribution is -0.0864. The Labute approximate surface area is 125 Å². The zero-order chi connectivity index (χ0) is 14.6. The van der Waals surface area contributed by atoms with Crippen molar-refractivity contribution in [1.82, 2.24) is 0 Å². The van der Waals surface area contributed by atoms with Crippen molar-refractivity contribution in [2.75, 3.05) is 11.9 Å². The first-order chi connectivity index (χ1) is 9.62. The van der Waals surface area contributed by atoms with Gasteiger partial charge < -0.3 is 10.1 Å². The van der Waals surface area contributed by atoms with E-state index in [1.54, 1.807) is 6.07 Å². The number of benzene rings is 1. The van der Waals surface area contributed by atoms with Crippen LogP contribution in [0.1, 0.15) is 45.1 Å². The SMILES string of the molecule is CCC1(CC)CC(Nc2ccc(Cl)cc2C#N)CCO1. The molecule has 0 radical (unpaired) electrons. The van der Waals surface area contributed by atoms with Crippen molar-refractivity contribution in [3.63, 3.8) is 0 Å². The van der Waals surface area contributed by atoms with Gasteiger partial charge in [0.2, 0.25) is 0 Å². The monoisotopic (exact) mass is 292 g/mol. The van der Waals surface area contributed by atoms with Crippen molar-refractivity contribution in [2.24, 2.45) is 0 Å². The Morgan fingerprint density at radius 2 is 2.20 bits per heavy atom. The van der Waals surface area contributed by atoms with Crippen molar-refractivity contribution >= 4 is 17.3 Å². The number of anilines is 1. The normalized spacial score (nSPS) is 21.2. The fourth-order valence-corrected chi connectivity index (χ4v) is 3.02. The molecule has 2 rings (SSSR count). The lowest BCUT2D eigenvalue weighted by Crippen LogP contribution is -2.43. The van der Waals surface area contributed by atoms with Crippen molar-refractivity contribution in [3.05, 3.63) is 28.8 Å². The molecule has 3 nitrogen and oxygen atoms in total. The summed E-state index contributed by atoms with van der Waals surface area (Å²) in [7, 11) is 0. The third-order valence-electron chi connectivity index (χ3n) is 4.24. The highest BCUT2D eigenvalue weighted by Gasteiger charge is 2.34. The largest absolute Gasteiger partial charge is 0.381 e. The van der Waals surface area contributed by atoms with Crippen LogP contribution in [0.5, 0.6) is 0 Å². The summed E-state index contributed by atoms with van der Waals surface area (Å²) < 4.78 is 5.98. The van der Waals surface area contributed by atoms with Crippen LogP contribution in [-0.2, 0) is 4.74 Å².